The van der Waals surface area contributed by atoms with Crippen molar-refractivity contribution in [2.75, 3.05) is 25.0 Å². The smallest absolute Gasteiger partial charge is 0.185 e. The molecule has 1 heterocycles. The molecule has 0 radical (unpaired) electrons. The predicted molar refractivity (Wildman–Crippen MR) is 76.9 cm³/mol. The Balaban J connectivity index is 2.54. The van der Waals surface area contributed by atoms with Crippen molar-refractivity contribution in [1.82, 2.24) is 10.3 Å². The van der Waals surface area contributed by atoms with Crippen molar-refractivity contribution in [2.45, 2.75) is 40.2 Å². The Morgan fingerprint density at radius 1 is 1.41 bits per heavy atom. The first kappa shape index (κ1) is 14.5. The first-order valence-corrected chi connectivity index (χ1v) is 7.32. The van der Waals surface area contributed by atoms with Crippen LogP contribution in [-0.4, -0.2) is 25.1 Å². The summed E-state index contributed by atoms with van der Waals surface area (Å²) in [5.41, 5.74) is 1.16. The molecule has 17 heavy (non-hydrogen) atoms. The average Bonchev–Trinajstić information content (AvgIpc) is 2.75. The number of thiazole rings is 1. The largest absolute Gasteiger partial charge is 0.351 e. The zero-order chi connectivity index (χ0) is 12.8. The monoisotopic (exact) mass is 255 g/mol. The third-order valence-electron chi connectivity index (χ3n) is 2.83. The molecule has 1 atom stereocenters. The van der Waals surface area contributed by atoms with Gasteiger partial charge >= 0.3 is 0 Å². The van der Waals surface area contributed by atoms with E-state index in [1.165, 1.54) is 6.42 Å². The van der Waals surface area contributed by atoms with Gasteiger partial charge in [-0.25, -0.2) is 4.98 Å². The van der Waals surface area contributed by atoms with E-state index in [0.29, 0.717) is 6.04 Å². The lowest BCUT2D eigenvalue weighted by Crippen LogP contribution is -2.21. The number of nitrogens with one attached hydrogen (secondary N) is 1. The molecule has 4 heteroatoms. The number of anilines is 1. The van der Waals surface area contributed by atoms with Gasteiger partial charge in [-0.1, -0.05) is 20.8 Å². The second-order valence-electron chi connectivity index (χ2n) is 4.94. The van der Waals surface area contributed by atoms with Gasteiger partial charge < -0.3 is 10.2 Å². The summed E-state index contributed by atoms with van der Waals surface area (Å²) < 4.78 is 0. The van der Waals surface area contributed by atoms with Gasteiger partial charge in [0.05, 0.1) is 5.69 Å². The molecule has 3 nitrogen and oxygen atoms in total. The van der Waals surface area contributed by atoms with E-state index in [2.05, 4.69) is 55.3 Å². The Bertz CT molecular complexity index is 322. The van der Waals surface area contributed by atoms with Crippen LogP contribution in [0.1, 0.15) is 45.9 Å². The van der Waals surface area contributed by atoms with Crippen LogP contribution in [0.3, 0.4) is 0 Å². The van der Waals surface area contributed by atoms with Crippen LogP contribution >= 0.6 is 11.3 Å². The van der Waals surface area contributed by atoms with Crippen LogP contribution in [0.15, 0.2) is 5.38 Å². The molecular formula is C13H25N3S. The molecule has 0 aliphatic heterocycles. The van der Waals surface area contributed by atoms with Gasteiger partial charge in [-0.3, -0.25) is 0 Å². The summed E-state index contributed by atoms with van der Waals surface area (Å²) in [7, 11) is 2.13. The summed E-state index contributed by atoms with van der Waals surface area (Å²) in [4.78, 5) is 6.95. The van der Waals surface area contributed by atoms with Crippen LogP contribution in [-0.2, 0) is 0 Å². The Kier molecular flexibility index (Phi) is 5.92. The minimum Gasteiger partial charge on any atom is -0.351 e. The molecule has 1 unspecified atom stereocenters. The van der Waals surface area contributed by atoms with Crippen LogP contribution in [0.5, 0.6) is 0 Å². The molecule has 1 rings (SSSR count). The van der Waals surface area contributed by atoms with E-state index in [1.807, 2.05) is 0 Å². The normalized spacial score (nSPS) is 13.1. The van der Waals surface area contributed by atoms with Gasteiger partial charge in [0, 0.05) is 25.0 Å². The quantitative estimate of drug-likeness (QED) is 0.810. The van der Waals surface area contributed by atoms with Crippen molar-refractivity contribution in [3.05, 3.63) is 11.1 Å². The summed E-state index contributed by atoms with van der Waals surface area (Å²) >= 11 is 1.74. The second kappa shape index (κ2) is 6.97. The molecule has 0 aliphatic carbocycles. The van der Waals surface area contributed by atoms with E-state index in [9.17, 15) is 0 Å². The Morgan fingerprint density at radius 2 is 2.12 bits per heavy atom. The third kappa shape index (κ3) is 4.64. The molecule has 0 fully saturated rings. The molecule has 0 aliphatic rings. The average molecular weight is 255 g/mol. The molecule has 1 N–H and O–H groups in total. The van der Waals surface area contributed by atoms with Crippen LogP contribution in [0.25, 0.3) is 0 Å². The summed E-state index contributed by atoms with van der Waals surface area (Å²) in [5, 5.41) is 6.68. The standard InChI is InChI=1S/C13H25N3S/c1-6-14-11(4)12-9-17-13(15-12)16(5)8-7-10(2)3/h9-11,14H,6-8H2,1-5H3. The predicted octanol–water partition coefficient (Wildman–Crippen LogP) is 3.30. The van der Waals surface area contributed by atoms with E-state index >= 15 is 0 Å². The Labute approximate surface area is 109 Å². The van der Waals surface area contributed by atoms with E-state index in [1.54, 1.807) is 11.3 Å². The molecule has 0 saturated heterocycles. The fourth-order valence-electron chi connectivity index (χ4n) is 1.61. The summed E-state index contributed by atoms with van der Waals surface area (Å²) in [5.74, 6) is 0.748. The maximum Gasteiger partial charge on any atom is 0.185 e. The SMILES string of the molecule is CCNC(C)c1csc(N(C)CCC(C)C)n1. The topological polar surface area (TPSA) is 28.2 Å². The maximum absolute atomic E-state index is 4.69. The highest BCUT2D eigenvalue weighted by atomic mass is 32.1. The lowest BCUT2D eigenvalue weighted by molar-refractivity contribution is 0.578. The summed E-state index contributed by atoms with van der Waals surface area (Å²) in [6, 6.07) is 0.350. The highest BCUT2D eigenvalue weighted by Gasteiger charge is 2.11. The highest BCUT2D eigenvalue weighted by molar-refractivity contribution is 7.13. The fraction of sp³-hybridized carbons (Fsp3) is 0.769. The van der Waals surface area contributed by atoms with Gasteiger partial charge in [-0.2, -0.15) is 0 Å². The van der Waals surface area contributed by atoms with Gasteiger partial charge in [0.1, 0.15) is 0 Å². The molecule has 0 spiro atoms. The molecule has 98 valence electrons. The second-order valence-corrected chi connectivity index (χ2v) is 5.77. The first-order chi connectivity index (χ1) is 8.04. The third-order valence-corrected chi connectivity index (χ3v) is 3.81. The lowest BCUT2D eigenvalue weighted by atomic mass is 10.1. The Hall–Kier alpha value is -0.610. The van der Waals surface area contributed by atoms with Crippen molar-refractivity contribution in [3.63, 3.8) is 0 Å². The number of rotatable bonds is 7. The van der Waals surface area contributed by atoms with E-state index in [0.717, 1.165) is 29.8 Å². The number of hydrogen-bond acceptors (Lipinski definition) is 4. The lowest BCUT2D eigenvalue weighted by Gasteiger charge is -2.17. The van der Waals surface area contributed by atoms with E-state index in [-0.39, 0.29) is 0 Å². The maximum atomic E-state index is 4.69. The van der Waals surface area contributed by atoms with Crippen molar-refractivity contribution >= 4 is 16.5 Å². The number of nitrogens with zero attached hydrogens (tertiary/aromatic N) is 2. The van der Waals surface area contributed by atoms with Gasteiger partial charge in [-0.05, 0) is 25.8 Å². The number of hydrogen-bond donors (Lipinski definition) is 1. The summed E-state index contributed by atoms with van der Waals surface area (Å²) in [6.07, 6.45) is 1.22. The molecule has 1 aromatic rings. The van der Waals surface area contributed by atoms with E-state index in [4.69, 9.17) is 0 Å². The number of aromatic nitrogens is 1. The first-order valence-electron chi connectivity index (χ1n) is 6.44. The molecule has 0 amide bonds. The van der Waals surface area contributed by atoms with Crippen LogP contribution in [0.2, 0.25) is 0 Å². The zero-order valence-electron chi connectivity index (χ0n) is 11.7. The molecule has 1 aromatic heterocycles. The molecule has 0 aromatic carbocycles. The van der Waals surface area contributed by atoms with Crippen LogP contribution in [0.4, 0.5) is 5.13 Å². The van der Waals surface area contributed by atoms with Crippen molar-refractivity contribution < 1.29 is 0 Å². The summed E-state index contributed by atoms with van der Waals surface area (Å²) in [6.45, 7) is 10.9. The molecule has 0 bridgehead atoms. The van der Waals surface area contributed by atoms with Gasteiger partial charge in [0.25, 0.3) is 0 Å². The van der Waals surface area contributed by atoms with Crippen molar-refractivity contribution in [3.8, 4) is 0 Å². The van der Waals surface area contributed by atoms with E-state index < -0.39 is 0 Å². The molecule has 0 saturated carbocycles. The molecular weight excluding hydrogens is 230 g/mol. The van der Waals surface area contributed by atoms with Crippen molar-refractivity contribution in [2.24, 2.45) is 5.92 Å². The Morgan fingerprint density at radius 3 is 2.71 bits per heavy atom. The minimum atomic E-state index is 0.350. The minimum absolute atomic E-state index is 0.350. The van der Waals surface area contributed by atoms with Crippen LogP contribution in [0, 0.1) is 5.92 Å². The van der Waals surface area contributed by atoms with Gasteiger partial charge in [-0.15, -0.1) is 11.3 Å². The highest BCUT2D eigenvalue weighted by Crippen LogP contribution is 2.23. The fourth-order valence-corrected chi connectivity index (χ4v) is 2.52. The van der Waals surface area contributed by atoms with Crippen molar-refractivity contribution in [1.29, 1.82) is 0 Å². The van der Waals surface area contributed by atoms with Crippen LogP contribution < -0.4 is 10.2 Å². The zero-order valence-corrected chi connectivity index (χ0v) is 12.5. The van der Waals surface area contributed by atoms with Gasteiger partial charge in [0.2, 0.25) is 0 Å². The van der Waals surface area contributed by atoms with Gasteiger partial charge in [0.15, 0.2) is 5.13 Å².